The number of hydrogen-bond donors (Lipinski definition) is 0. The second kappa shape index (κ2) is 6.80. The molecular weight excluding hydrogens is 359 g/mol. The van der Waals surface area contributed by atoms with E-state index in [1.165, 1.54) is 6.07 Å². The first-order valence-corrected chi connectivity index (χ1v) is 10.3. The summed E-state index contributed by atoms with van der Waals surface area (Å²) in [4.78, 5) is 0. The molecule has 0 N–H and O–H groups in total. The topological polar surface area (TPSA) is 9.23 Å². The third-order valence-electron chi connectivity index (χ3n) is 3.97. The minimum Gasteiger partial charge on any atom is -0.541 e. The third-order valence-corrected chi connectivity index (χ3v) is 11.2. The normalized spacial score (nSPS) is 12.6. The maximum atomic E-state index is 14.1. The fraction of sp³-hybridized carbons (Fsp3) is 0.600. The van der Waals surface area contributed by atoms with Crippen molar-refractivity contribution in [2.45, 2.75) is 58.2 Å². The number of rotatable bonds is 5. The van der Waals surface area contributed by atoms with Crippen LogP contribution >= 0.6 is 27.5 Å². The van der Waals surface area contributed by atoms with E-state index in [-0.39, 0.29) is 0 Å². The van der Waals surface area contributed by atoms with Crippen LogP contribution < -0.4 is 4.43 Å². The van der Waals surface area contributed by atoms with Gasteiger partial charge in [0.25, 0.3) is 8.32 Å². The van der Waals surface area contributed by atoms with Gasteiger partial charge in [0.2, 0.25) is 0 Å². The van der Waals surface area contributed by atoms with Gasteiger partial charge in [-0.1, -0.05) is 53.1 Å². The highest BCUT2D eigenvalue weighted by Crippen LogP contribution is 2.44. The molecule has 1 rings (SSSR count). The summed E-state index contributed by atoms with van der Waals surface area (Å²) in [6.07, 6.45) is 0. The molecule has 20 heavy (non-hydrogen) atoms. The fourth-order valence-electron chi connectivity index (χ4n) is 3.13. The van der Waals surface area contributed by atoms with E-state index in [1.807, 2.05) is 0 Å². The smallest absolute Gasteiger partial charge is 0.258 e. The molecule has 0 amide bonds. The molecule has 5 heteroatoms. The van der Waals surface area contributed by atoms with Crippen LogP contribution in [0.25, 0.3) is 0 Å². The van der Waals surface area contributed by atoms with Crippen molar-refractivity contribution in [2.24, 2.45) is 0 Å². The second-order valence-electron chi connectivity index (χ2n) is 6.12. The molecule has 0 radical (unpaired) electrons. The molecule has 1 aromatic carbocycles. The molecule has 0 saturated carbocycles. The van der Waals surface area contributed by atoms with Crippen LogP contribution in [0.15, 0.2) is 16.6 Å². The first-order valence-electron chi connectivity index (χ1n) is 6.96. The fourth-order valence-corrected chi connectivity index (χ4v) is 8.84. The molecule has 0 saturated heterocycles. The lowest BCUT2D eigenvalue weighted by molar-refractivity contribution is 0.446. The van der Waals surface area contributed by atoms with E-state index < -0.39 is 14.1 Å². The lowest BCUT2D eigenvalue weighted by atomic mass is 10.3. The molecular formula is C15H23BrClFOSi. The van der Waals surface area contributed by atoms with Gasteiger partial charge >= 0.3 is 0 Å². The van der Waals surface area contributed by atoms with Gasteiger partial charge in [0.05, 0.1) is 5.02 Å². The van der Waals surface area contributed by atoms with Gasteiger partial charge in [0.15, 0.2) is 5.82 Å². The standard InChI is InChI=1S/C15H23BrClFOSi/c1-9(2)20(10(3)4,11(5)6)19-15-7-12(16)13(17)8-14(15)18/h7-11H,1-6H3. The molecule has 0 unspecified atom stereocenters. The maximum absolute atomic E-state index is 14.1. The lowest BCUT2D eigenvalue weighted by Crippen LogP contribution is -2.50. The Morgan fingerprint density at radius 2 is 1.50 bits per heavy atom. The summed E-state index contributed by atoms with van der Waals surface area (Å²) >= 11 is 9.25. The van der Waals surface area contributed by atoms with Gasteiger partial charge in [0, 0.05) is 4.47 Å². The summed E-state index contributed by atoms with van der Waals surface area (Å²) in [5, 5.41) is 0.362. The average molecular weight is 382 g/mol. The summed E-state index contributed by atoms with van der Waals surface area (Å²) in [6, 6.07) is 2.95. The van der Waals surface area contributed by atoms with Gasteiger partial charge in [0.1, 0.15) is 5.75 Å². The van der Waals surface area contributed by atoms with Crippen molar-refractivity contribution in [3.63, 3.8) is 0 Å². The highest BCUT2D eigenvalue weighted by atomic mass is 79.9. The Morgan fingerprint density at radius 1 is 1.05 bits per heavy atom. The van der Waals surface area contributed by atoms with Gasteiger partial charge in [-0.2, -0.15) is 0 Å². The zero-order valence-electron chi connectivity index (χ0n) is 12.9. The Morgan fingerprint density at radius 3 is 1.90 bits per heavy atom. The third kappa shape index (κ3) is 3.39. The van der Waals surface area contributed by atoms with Crippen molar-refractivity contribution >= 4 is 35.8 Å². The average Bonchev–Trinajstić information content (AvgIpc) is 2.30. The molecule has 0 atom stereocenters. The van der Waals surface area contributed by atoms with Crippen LogP contribution in [-0.2, 0) is 0 Å². The van der Waals surface area contributed by atoms with Gasteiger partial charge in [-0.15, -0.1) is 0 Å². The molecule has 0 aliphatic rings. The van der Waals surface area contributed by atoms with Crippen molar-refractivity contribution in [1.82, 2.24) is 0 Å². The Bertz CT molecular complexity index is 455. The Labute approximate surface area is 136 Å². The van der Waals surface area contributed by atoms with Crippen LogP contribution in [0.4, 0.5) is 4.39 Å². The molecule has 114 valence electrons. The van der Waals surface area contributed by atoms with Crippen molar-refractivity contribution in [3.05, 3.63) is 27.4 Å². The summed E-state index contributed by atoms with van der Waals surface area (Å²) < 4.78 is 21.1. The summed E-state index contributed by atoms with van der Waals surface area (Å²) in [7, 11) is -2.14. The molecule has 0 spiro atoms. The van der Waals surface area contributed by atoms with Crippen molar-refractivity contribution in [2.75, 3.05) is 0 Å². The van der Waals surface area contributed by atoms with E-state index in [9.17, 15) is 4.39 Å². The van der Waals surface area contributed by atoms with E-state index in [4.69, 9.17) is 16.0 Å². The van der Waals surface area contributed by atoms with Gasteiger partial charge < -0.3 is 4.43 Å². The van der Waals surface area contributed by atoms with E-state index in [1.54, 1.807) is 6.07 Å². The molecule has 0 bridgehead atoms. The van der Waals surface area contributed by atoms with Crippen LogP contribution in [0.5, 0.6) is 5.75 Å². The van der Waals surface area contributed by atoms with E-state index in [2.05, 4.69) is 57.5 Å². The van der Waals surface area contributed by atoms with Crippen molar-refractivity contribution < 1.29 is 8.82 Å². The monoisotopic (exact) mass is 380 g/mol. The second-order valence-corrected chi connectivity index (χ2v) is 12.8. The van der Waals surface area contributed by atoms with Crippen LogP contribution in [0.3, 0.4) is 0 Å². The largest absolute Gasteiger partial charge is 0.541 e. The van der Waals surface area contributed by atoms with E-state index >= 15 is 0 Å². The molecule has 1 nitrogen and oxygen atoms in total. The van der Waals surface area contributed by atoms with Crippen LogP contribution in [0.1, 0.15) is 41.5 Å². The maximum Gasteiger partial charge on any atom is 0.258 e. The van der Waals surface area contributed by atoms with E-state index in [0.717, 1.165) is 0 Å². The Balaban J connectivity index is 3.30. The molecule has 0 fully saturated rings. The predicted molar refractivity (Wildman–Crippen MR) is 90.8 cm³/mol. The van der Waals surface area contributed by atoms with Gasteiger partial charge in [-0.05, 0) is 44.7 Å². The van der Waals surface area contributed by atoms with Crippen LogP contribution in [0.2, 0.25) is 21.6 Å². The highest BCUT2D eigenvalue weighted by molar-refractivity contribution is 9.10. The number of hydrogen-bond acceptors (Lipinski definition) is 1. The summed E-state index contributed by atoms with van der Waals surface area (Å²) in [6.45, 7) is 13.1. The quantitative estimate of drug-likeness (QED) is 0.402. The minimum atomic E-state index is -2.14. The first-order chi connectivity index (χ1) is 9.12. The first kappa shape index (κ1) is 18.0. The minimum absolute atomic E-state index is 0.309. The summed E-state index contributed by atoms with van der Waals surface area (Å²) in [5.41, 5.74) is 1.20. The lowest BCUT2D eigenvalue weighted by Gasteiger charge is -2.42. The number of benzene rings is 1. The van der Waals surface area contributed by atoms with Crippen LogP contribution in [0, 0.1) is 5.82 Å². The predicted octanol–water partition coefficient (Wildman–Crippen LogP) is 6.80. The zero-order valence-corrected chi connectivity index (χ0v) is 16.3. The Kier molecular flexibility index (Phi) is 6.11. The van der Waals surface area contributed by atoms with E-state index in [0.29, 0.717) is 31.9 Å². The molecule has 0 aromatic heterocycles. The van der Waals surface area contributed by atoms with Gasteiger partial charge in [-0.25, -0.2) is 4.39 Å². The molecule has 1 aromatic rings. The summed E-state index contributed by atoms with van der Waals surface area (Å²) in [5.74, 6) is -0.0823. The SMILES string of the molecule is CC(C)[Si](Oc1cc(Br)c(Cl)cc1F)(C(C)C)C(C)C. The zero-order chi connectivity index (χ0) is 15.7. The number of halogens is 3. The van der Waals surface area contributed by atoms with Gasteiger partial charge in [-0.3, -0.25) is 0 Å². The molecule has 0 aliphatic carbocycles. The Hall–Kier alpha value is -0.0631. The highest BCUT2D eigenvalue weighted by Gasteiger charge is 2.47. The van der Waals surface area contributed by atoms with Crippen LogP contribution in [-0.4, -0.2) is 8.32 Å². The molecule has 0 heterocycles. The van der Waals surface area contributed by atoms with Crippen molar-refractivity contribution in [1.29, 1.82) is 0 Å². The molecule has 0 aliphatic heterocycles. The van der Waals surface area contributed by atoms with Crippen molar-refractivity contribution in [3.8, 4) is 5.75 Å².